The summed E-state index contributed by atoms with van der Waals surface area (Å²) in [5.74, 6) is 1.70. The molecule has 1 aromatic carbocycles. The van der Waals surface area contributed by atoms with Crippen molar-refractivity contribution in [2.24, 2.45) is 0 Å². The molecule has 0 bridgehead atoms. The van der Waals surface area contributed by atoms with Crippen molar-refractivity contribution in [3.05, 3.63) is 57.2 Å². The highest BCUT2D eigenvalue weighted by Gasteiger charge is 2.22. The van der Waals surface area contributed by atoms with Crippen LogP contribution in [0.15, 0.2) is 46.2 Å². The first-order chi connectivity index (χ1) is 15.2. The molecule has 1 aliphatic heterocycles. The highest BCUT2D eigenvalue weighted by Crippen LogP contribution is 2.32. The maximum atomic E-state index is 5.91. The maximum Gasteiger partial charge on any atom is 0.191 e. The third-order valence-electron chi connectivity index (χ3n) is 5.32. The van der Waals surface area contributed by atoms with Crippen LogP contribution in [0.3, 0.4) is 0 Å². The Morgan fingerprint density at radius 3 is 2.71 bits per heavy atom. The minimum atomic E-state index is 0.237. The molecule has 0 radical (unpaired) electrons. The maximum absolute atomic E-state index is 5.91. The van der Waals surface area contributed by atoms with Gasteiger partial charge in [0.05, 0.1) is 18.3 Å². The molecular formula is C23H24N4OS3. The molecule has 0 N–H and O–H groups in total. The summed E-state index contributed by atoms with van der Waals surface area (Å²) >= 11 is 5.13. The predicted molar refractivity (Wildman–Crippen MR) is 129 cm³/mol. The standard InChI is InChI=1S/C23H24N4OS3/c1-15-5-7-17(8-6-15)22-24-19(13-30-22)14-31-23-26-25-21(18-10-16(2)29-12-18)27(23)11-20-4-3-9-28-20/h5-8,10,12-13,20H,3-4,9,11,14H2,1-2H3. The highest BCUT2D eigenvalue weighted by atomic mass is 32.2. The minimum Gasteiger partial charge on any atom is -0.376 e. The Morgan fingerprint density at radius 2 is 1.97 bits per heavy atom. The number of benzene rings is 1. The number of thioether (sulfide) groups is 1. The van der Waals surface area contributed by atoms with Crippen molar-refractivity contribution >= 4 is 34.4 Å². The van der Waals surface area contributed by atoms with Crippen molar-refractivity contribution in [3.63, 3.8) is 0 Å². The van der Waals surface area contributed by atoms with Crippen molar-refractivity contribution in [2.45, 2.75) is 50.2 Å². The molecule has 5 nitrogen and oxygen atoms in total. The Balaban J connectivity index is 1.35. The largest absolute Gasteiger partial charge is 0.376 e. The molecule has 1 atom stereocenters. The third kappa shape index (κ3) is 4.77. The average molecular weight is 469 g/mol. The van der Waals surface area contributed by atoms with E-state index in [1.54, 1.807) is 34.4 Å². The summed E-state index contributed by atoms with van der Waals surface area (Å²) in [5, 5.41) is 15.4. The quantitative estimate of drug-likeness (QED) is 0.301. The van der Waals surface area contributed by atoms with Crippen LogP contribution >= 0.6 is 34.4 Å². The predicted octanol–water partition coefficient (Wildman–Crippen LogP) is 6.22. The molecule has 3 aromatic heterocycles. The van der Waals surface area contributed by atoms with Gasteiger partial charge in [-0.05, 0) is 32.8 Å². The lowest BCUT2D eigenvalue weighted by atomic mass is 10.2. The summed E-state index contributed by atoms with van der Waals surface area (Å²) in [6.45, 7) is 5.87. The van der Waals surface area contributed by atoms with Crippen LogP contribution in [0.2, 0.25) is 0 Å². The van der Waals surface area contributed by atoms with Gasteiger partial charge in [-0.3, -0.25) is 4.57 Å². The van der Waals surface area contributed by atoms with Gasteiger partial charge in [0, 0.05) is 39.1 Å². The molecule has 0 aliphatic carbocycles. The number of aromatic nitrogens is 4. The van der Waals surface area contributed by atoms with E-state index in [2.05, 4.69) is 69.7 Å². The number of hydrogen-bond donors (Lipinski definition) is 0. The summed E-state index contributed by atoms with van der Waals surface area (Å²) < 4.78 is 8.14. The number of nitrogens with zero attached hydrogens (tertiary/aromatic N) is 4. The van der Waals surface area contributed by atoms with E-state index in [-0.39, 0.29) is 6.10 Å². The highest BCUT2D eigenvalue weighted by molar-refractivity contribution is 7.98. The first kappa shape index (κ1) is 20.9. The Hall–Kier alpha value is -2.00. The summed E-state index contributed by atoms with van der Waals surface area (Å²) in [7, 11) is 0. The number of aryl methyl sites for hydroxylation is 2. The first-order valence-electron chi connectivity index (χ1n) is 10.4. The zero-order chi connectivity index (χ0) is 21.2. The van der Waals surface area contributed by atoms with Gasteiger partial charge in [-0.2, -0.15) is 0 Å². The lowest BCUT2D eigenvalue weighted by Crippen LogP contribution is -2.16. The van der Waals surface area contributed by atoms with Crippen LogP contribution in [0.1, 0.15) is 29.0 Å². The normalized spacial score (nSPS) is 16.3. The van der Waals surface area contributed by atoms with E-state index in [1.807, 2.05) is 0 Å². The van der Waals surface area contributed by atoms with E-state index < -0.39 is 0 Å². The Bertz CT molecular complexity index is 1160. The molecule has 4 heterocycles. The van der Waals surface area contributed by atoms with Gasteiger partial charge >= 0.3 is 0 Å². The fourth-order valence-corrected chi connectivity index (χ4v) is 6.12. The van der Waals surface area contributed by atoms with Gasteiger partial charge in [0.2, 0.25) is 0 Å². The van der Waals surface area contributed by atoms with Crippen molar-refractivity contribution in [1.82, 2.24) is 19.7 Å². The molecule has 1 unspecified atom stereocenters. The van der Waals surface area contributed by atoms with Crippen molar-refractivity contribution < 1.29 is 4.74 Å². The Labute approximate surface area is 194 Å². The van der Waals surface area contributed by atoms with Gasteiger partial charge in [0.1, 0.15) is 5.01 Å². The number of rotatable bonds is 7. The molecule has 0 amide bonds. The molecule has 1 saturated heterocycles. The smallest absolute Gasteiger partial charge is 0.191 e. The summed E-state index contributed by atoms with van der Waals surface area (Å²) in [4.78, 5) is 6.12. The third-order valence-corrected chi connectivity index (χ3v) is 8.12. The molecule has 160 valence electrons. The van der Waals surface area contributed by atoms with E-state index in [4.69, 9.17) is 9.72 Å². The lowest BCUT2D eigenvalue weighted by molar-refractivity contribution is 0.0953. The first-order valence-corrected chi connectivity index (χ1v) is 13.1. The van der Waals surface area contributed by atoms with Gasteiger partial charge in [0.15, 0.2) is 11.0 Å². The SMILES string of the molecule is Cc1ccc(-c2nc(CSc3nnc(-c4csc(C)c4)n3CC3CCCO3)cs2)cc1. The van der Waals surface area contributed by atoms with E-state index in [9.17, 15) is 0 Å². The molecule has 1 fully saturated rings. The number of hydrogen-bond acceptors (Lipinski definition) is 7. The van der Waals surface area contributed by atoms with E-state index in [0.29, 0.717) is 0 Å². The Morgan fingerprint density at radius 1 is 1.10 bits per heavy atom. The fraction of sp³-hybridized carbons (Fsp3) is 0.348. The van der Waals surface area contributed by atoms with E-state index >= 15 is 0 Å². The van der Waals surface area contributed by atoms with Crippen LogP contribution in [0.25, 0.3) is 22.0 Å². The van der Waals surface area contributed by atoms with Crippen LogP contribution in [0.4, 0.5) is 0 Å². The number of ether oxygens (including phenoxy) is 1. The summed E-state index contributed by atoms with van der Waals surface area (Å²) in [6.07, 6.45) is 2.46. The van der Waals surface area contributed by atoms with Crippen LogP contribution in [0.5, 0.6) is 0 Å². The van der Waals surface area contributed by atoms with E-state index in [0.717, 1.165) is 59.0 Å². The fourth-order valence-electron chi connectivity index (χ4n) is 3.67. The summed E-state index contributed by atoms with van der Waals surface area (Å²) in [6, 6.07) is 10.7. The molecule has 4 aromatic rings. The molecule has 0 spiro atoms. The Kier molecular flexibility index (Phi) is 6.22. The van der Waals surface area contributed by atoms with Gasteiger partial charge in [0.25, 0.3) is 0 Å². The van der Waals surface area contributed by atoms with Crippen LogP contribution < -0.4 is 0 Å². The van der Waals surface area contributed by atoms with Crippen molar-refractivity contribution in [2.75, 3.05) is 6.61 Å². The minimum absolute atomic E-state index is 0.237. The molecular weight excluding hydrogens is 444 g/mol. The lowest BCUT2D eigenvalue weighted by Gasteiger charge is -2.14. The molecule has 0 saturated carbocycles. The average Bonchev–Trinajstić information content (AvgIpc) is 3.56. The zero-order valence-corrected chi connectivity index (χ0v) is 20.0. The van der Waals surface area contributed by atoms with Gasteiger partial charge in [-0.15, -0.1) is 32.9 Å². The van der Waals surface area contributed by atoms with Crippen LogP contribution in [0, 0.1) is 13.8 Å². The number of thiazole rings is 1. The monoisotopic (exact) mass is 468 g/mol. The van der Waals surface area contributed by atoms with Gasteiger partial charge < -0.3 is 4.74 Å². The summed E-state index contributed by atoms with van der Waals surface area (Å²) in [5.41, 5.74) is 4.64. The molecule has 31 heavy (non-hydrogen) atoms. The van der Waals surface area contributed by atoms with Crippen LogP contribution in [-0.4, -0.2) is 32.5 Å². The van der Waals surface area contributed by atoms with Gasteiger partial charge in [-0.1, -0.05) is 41.6 Å². The topological polar surface area (TPSA) is 52.8 Å². The van der Waals surface area contributed by atoms with Gasteiger partial charge in [-0.25, -0.2) is 4.98 Å². The zero-order valence-electron chi connectivity index (χ0n) is 17.6. The molecule has 1 aliphatic rings. The van der Waals surface area contributed by atoms with Crippen molar-refractivity contribution in [3.8, 4) is 22.0 Å². The molecule has 5 rings (SSSR count). The second-order valence-corrected chi connectivity index (χ2v) is 10.7. The second kappa shape index (κ2) is 9.24. The molecule has 8 heteroatoms. The van der Waals surface area contributed by atoms with Crippen molar-refractivity contribution in [1.29, 1.82) is 0 Å². The second-order valence-electron chi connectivity index (χ2n) is 7.80. The van der Waals surface area contributed by atoms with E-state index in [1.165, 1.54) is 16.0 Å². The number of thiophene rings is 1. The van der Waals surface area contributed by atoms with Crippen LogP contribution in [-0.2, 0) is 17.0 Å².